The Morgan fingerprint density at radius 3 is 0.761 bits per heavy atom. The van der Waals surface area contributed by atoms with Crippen LogP contribution >= 0.6 is 0 Å². The second-order valence-corrected chi connectivity index (χ2v) is 36.8. The zero-order valence-corrected chi connectivity index (χ0v) is 75.6. The lowest BCUT2D eigenvalue weighted by Gasteiger charge is -2.34. The van der Waals surface area contributed by atoms with E-state index in [1.165, 1.54) is 221 Å². The molecule has 0 bridgehead atoms. The number of hydrogen-bond acceptors (Lipinski definition) is 0. The van der Waals surface area contributed by atoms with Crippen molar-refractivity contribution in [2.24, 2.45) is 0 Å². The van der Waals surface area contributed by atoms with Crippen molar-refractivity contribution in [3.05, 3.63) is 578 Å². The molecule has 4 heteroatoms. The molecule has 0 N–H and O–H groups in total. The number of aromatic nitrogens is 4. The van der Waals surface area contributed by atoms with Crippen LogP contribution in [0, 0.1) is 0 Å². The Labute approximate surface area is 800 Å². The highest BCUT2D eigenvalue weighted by Gasteiger charge is 2.50. The van der Waals surface area contributed by atoms with E-state index in [0.717, 1.165) is 22.7 Å². The van der Waals surface area contributed by atoms with Gasteiger partial charge in [-0.1, -0.05) is 419 Å². The van der Waals surface area contributed by atoms with Gasteiger partial charge in [-0.2, -0.15) is 0 Å². The third-order valence-corrected chi connectivity index (χ3v) is 29.6. The molecule has 0 spiro atoms. The molecule has 0 aliphatic heterocycles. The average molecular weight is 1750 g/mol. The molecule has 22 aromatic carbocycles. The summed E-state index contributed by atoms with van der Waals surface area (Å²) in [6.07, 6.45) is 0. The smallest absolute Gasteiger partial charge is 0.0734 e. The lowest BCUT2D eigenvalue weighted by atomic mass is 9.67. The van der Waals surface area contributed by atoms with Gasteiger partial charge in [-0.25, -0.2) is 0 Å². The van der Waals surface area contributed by atoms with Crippen molar-refractivity contribution < 1.29 is 0 Å². The first-order valence-corrected chi connectivity index (χ1v) is 47.8. The first-order valence-electron chi connectivity index (χ1n) is 47.8. The van der Waals surface area contributed by atoms with Crippen LogP contribution in [0.1, 0.15) is 44.5 Å². The standard InChI is InChI=1S/2C67H44N2/c1-5-17-45(18-6-1)47-29-35-53(36-30-47)68-62-28-16-14-26-56(62)59-43-49(33-41-63(59)68)50-34-42-64-60(44-50)58-40-39-57-55-25-13-15-27-61(55)67(51-21-9-3-10-22-51,52-23-11-4-12-24-52)65(57)66(58)69(64)54-37-31-48(32-38-54)46-19-7-2-8-20-46;1-5-17-45(18-6-1)47-29-35-53(36-30-47)68-61-28-16-14-26-56(61)58-43-49(33-40-62(58)68)50-34-41-63-59(44-50)65-64(69(63)54-37-31-48(32-38-54)46-19-7-2-8-20-46)42-39-57-55-25-13-15-27-60(55)67(66(57)65,51-21-9-3-10-22-51)52-23-11-4-12-24-52/h2*1-44H. The van der Waals surface area contributed by atoms with Crippen molar-refractivity contribution >= 4 is 87.2 Å². The molecule has 4 heterocycles. The van der Waals surface area contributed by atoms with Gasteiger partial charge in [0.15, 0.2) is 0 Å². The fraction of sp³-hybridized carbons (Fsp3) is 0.0149. The van der Waals surface area contributed by atoms with E-state index in [9.17, 15) is 0 Å². The van der Waals surface area contributed by atoms with Gasteiger partial charge < -0.3 is 18.3 Å². The van der Waals surface area contributed by atoms with Crippen LogP contribution in [0.4, 0.5) is 0 Å². The van der Waals surface area contributed by atoms with Crippen LogP contribution in [-0.2, 0) is 10.8 Å². The van der Waals surface area contributed by atoms with Crippen LogP contribution in [0.2, 0.25) is 0 Å². The predicted molar refractivity (Wildman–Crippen MR) is 577 cm³/mol. The second-order valence-electron chi connectivity index (χ2n) is 36.8. The highest BCUT2D eigenvalue weighted by atomic mass is 15.0. The molecule has 2 aliphatic carbocycles. The van der Waals surface area contributed by atoms with E-state index in [1.807, 2.05) is 0 Å². The highest BCUT2D eigenvalue weighted by molar-refractivity contribution is 6.19. The normalized spacial score (nSPS) is 12.8. The van der Waals surface area contributed by atoms with Crippen molar-refractivity contribution in [2.45, 2.75) is 10.8 Å². The SMILES string of the molecule is c1ccc(-c2ccc(-n3c4ccccc4c4cc(-c5ccc6c(c5)c5c7c(ccc5n6-c5ccc(-c6ccccc6)cc5)-c5ccccc5C7(c5ccccc5)c5ccccc5)ccc43)cc2)cc1.c1ccc(-c2ccc(-n3c4ccccc4c4cc(-c5ccc6c(c5)c5ccc7c(c5n6-c5ccc(-c6ccccc6)cc5)C(c5ccccc5)(c5ccccc5)c5ccccc5-7)ccc43)cc2)cc1. The Balaban J connectivity index is 0.000000139. The van der Waals surface area contributed by atoms with Crippen LogP contribution in [0.25, 0.3) is 199 Å². The van der Waals surface area contributed by atoms with Gasteiger partial charge in [-0.05, 0) is 243 Å². The summed E-state index contributed by atoms with van der Waals surface area (Å²) in [5.41, 5.74) is 42.8. The average Bonchev–Trinajstić information content (AvgIpc) is 1.51. The Bertz CT molecular complexity index is 9140. The fourth-order valence-corrected chi connectivity index (χ4v) is 23.6. The van der Waals surface area contributed by atoms with Gasteiger partial charge in [-0.15, -0.1) is 0 Å². The minimum atomic E-state index is -0.575. The molecule has 28 rings (SSSR count). The molecule has 4 aromatic heterocycles. The lowest BCUT2D eigenvalue weighted by Crippen LogP contribution is -2.29. The summed E-state index contributed by atoms with van der Waals surface area (Å²) in [5.74, 6) is 0. The van der Waals surface area contributed by atoms with Gasteiger partial charge in [0.1, 0.15) is 0 Å². The number of nitrogens with zero attached hydrogens (tertiary/aromatic N) is 4. The van der Waals surface area contributed by atoms with Gasteiger partial charge in [0.05, 0.1) is 55.0 Å². The van der Waals surface area contributed by atoms with Crippen molar-refractivity contribution in [3.8, 4) is 112 Å². The van der Waals surface area contributed by atoms with E-state index in [0.29, 0.717) is 0 Å². The van der Waals surface area contributed by atoms with E-state index < -0.39 is 10.8 Å². The monoisotopic (exact) mass is 1750 g/mol. The number of para-hydroxylation sites is 2. The van der Waals surface area contributed by atoms with Gasteiger partial charge >= 0.3 is 0 Å². The van der Waals surface area contributed by atoms with E-state index in [-0.39, 0.29) is 0 Å². The molecule has 0 atom stereocenters. The molecule has 0 saturated carbocycles. The number of benzene rings is 22. The maximum absolute atomic E-state index is 2.55. The topological polar surface area (TPSA) is 19.7 Å². The molecule has 138 heavy (non-hydrogen) atoms. The van der Waals surface area contributed by atoms with Gasteiger partial charge in [0.25, 0.3) is 0 Å². The molecule has 0 radical (unpaired) electrons. The van der Waals surface area contributed by atoms with Crippen molar-refractivity contribution in [3.63, 3.8) is 0 Å². The van der Waals surface area contributed by atoms with Crippen LogP contribution in [0.5, 0.6) is 0 Å². The largest absolute Gasteiger partial charge is 0.309 e. The van der Waals surface area contributed by atoms with E-state index in [4.69, 9.17) is 0 Å². The molecular weight excluding hydrogens is 1670 g/mol. The van der Waals surface area contributed by atoms with Crippen LogP contribution < -0.4 is 0 Å². The zero-order chi connectivity index (χ0) is 90.9. The molecule has 0 fully saturated rings. The fourth-order valence-electron chi connectivity index (χ4n) is 23.6. The van der Waals surface area contributed by atoms with Crippen LogP contribution in [0.3, 0.4) is 0 Å². The van der Waals surface area contributed by atoms with E-state index in [2.05, 4.69) is 552 Å². The quantitative estimate of drug-likeness (QED) is 0.103. The molecular formula is C134H88N4. The third-order valence-electron chi connectivity index (χ3n) is 29.6. The van der Waals surface area contributed by atoms with Gasteiger partial charge in [0.2, 0.25) is 0 Å². The first-order chi connectivity index (χ1) is 68.5. The maximum Gasteiger partial charge on any atom is 0.0734 e. The summed E-state index contributed by atoms with van der Waals surface area (Å²) >= 11 is 0. The summed E-state index contributed by atoms with van der Waals surface area (Å²) in [5, 5.41) is 9.93. The third kappa shape index (κ3) is 12.5. The highest BCUT2D eigenvalue weighted by Crippen LogP contribution is 2.62. The minimum Gasteiger partial charge on any atom is -0.309 e. The van der Waals surface area contributed by atoms with E-state index in [1.54, 1.807) is 0 Å². The zero-order valence-electron chi connectivity index (χ0n) is 75.6. The lowest BCUT2D eigenvalue weighted by molar-refractivity contribution is 0.772. The minimum absolute atomic E-state index is 0.569. The van der Waals surface area contributed by atoms with Crippen LogP contribution in [0.15, 0.2) is 534 Å². The number of fused-ring (bicyclic) bond motifs is 20. The Morgan fingerprint density at radius 1 is 0.138 bits per heavy atom. The predicted octanol–water partition coefficient (Wildman–Crippen LogP) is 34.5. The molecule has 26 aromatic rings. The van der Waals surface area contributed by atoms with Crippen LogP contribution in [-0.4, -0.2) is 18.3 Å². The number of hydrogen-bond donors (Lipinski definition) is 0. The summed E-state index contributed by atoms with van der Waals surface area (Å²) in [6, 6.07) is 197. The summed E-state index contributed by atoms with van der Waals surface area (Å²) in [6.45, 7) is 0. The Kier molecular flexibility index (Phi) is 18.8. The summed E-state index contributed by atoms with van der Waals surface area (Å²) < 4.78 is 9.87. The molecule has 0 amide bonds. The van der Waals surface area contributed by atoms with E-state index >= 15 is 0 Å². The Hall–Kier alpha value is -18.0. The maximum atomic E-state index is 2.55. The molecule has 0 saturated heterocycles. The van der Waals surface area contributed by atoms with Gasteiger partial charge in [0, 0.05) is 71.4 Å². The molecule has 0 unspecified atom stereocenters. The number of rotatable bonds is 14. The molecule has 644 valence electrons. The van der Waals surface area contributed by atoms with Crippen molar-refractivity contribution in [1.29, 1.82) is 0 Å². The summed E-state index contributed by atoms with van der Waals surface area (Å²) in [7, 11) is 0. The molecule has 4 nitrogen and oxygen atoms in total. The molecule has 2 aliphatic rings. The van der Waals surface area contributed by atoms with Crippen molar-refractivity contribution in [2.75, 3.05) is 0 Å². The van der Waals surface area contributed by atoms with Gasteiger partial charge in [-0.3, -0.25) is 0 Å². The second kappa shape index (κ2) is 32.5. The van der Waals surface area contributed by atoms with Crippen molar-refractivity contribution in [1.82, 2.24) is 18.3 Å². The summed E-state index contributed by atoms with van der Waals surface area (Å²) in [4.78, 5) is 0. The Morgan fingerprint density at radius 2 is 0.384 bits per heavy atom. The first kappa shape index (κ1) is 79.8.